The zero-order chi connectivity index (χ0) is 12.5. The minimum Gasteiger partial charge on any atom is -0.395 e. The van der Waals surface area contributed by atoms with Crippen molar-refractivity contribution in [2.24, 2.45) is 0 Å². The molecule has 1 aromatic carbocycles. The fourth-order valence-corrected chi connectivity index (χ4v) is 1.82. The fourth-order valence-electron chi connectivity index (χ4n) is 1.82. The third-order valence-electron chi connectivity index (χ3n) is 2.54. The zero-order valence-electron chi connectivity index (χ0n) is 10.5. The van der Waals surface area contributed by atoms with E-state index in [2.05, 4.69) is 28.9 Å². The molecule has 0 bridgehead atoms. The van der Waals surface area contributed by atoms with E-state index in [1.807, 2.05) is 25.2 Å². The average molecular weight is 234 g/mol. The van der Waals surface area contributed by atoms with Crippen LogP contribution in [0.3, 0.4) is 0 Å². The van der Waals surface area contributed by atoms with Crippen molar-refractivity contribution in [1.82, 2.24) is 10.2 Å². The molecule has 0 amide bonds. The average Bonchev–Trinajstić information content (AvgIpc) is 2.31. The summed E-state index contributed by atoms with van der Waals surface area (Å²) in [5, 5.41) is 12.2. The van der Waals surface area contributed by atoms with Crippen LogP contribution in [0.2, 0.25) is 0 Å². The van der Waals surface area contributed by atoms with Crippen LogP contribution < -0.4 is 5.32 Å². The zero-order valence-corrected chi connectivity index (χ0v) is 10.5. The second kappa shape index (κ2) is 8.01. The van der Waals surface area contributed by atoms with Gasteiger partial charge in [0.25, 0.3) is 0 Å². The molecule has 94 valence electrons. The van der Waals surface area contributed by atoms with Gasteiger partial charge in [-0.3, -0.25) is 4.90 Å². The van der Waals surface area contributed by atoms with Gasteiger partial charge in [-0.25, -0.2) is 0 Å². The van der Waals surface area contributed by atoms with Crippen LogP contribution in [-0.2, 0) is 6.54 Å². The molecular formula is C14H22N2O. The van der Waals surface area contributed by atoms with Gasteiger partial charge >= 0.3 is 0 Å². The summed E-state index contributed by atoms with van der Waals surface area (Å²) < 4.78 is 0. The van der Waals surface area contributed by atoms with E-state index in [1.54, 1.807) is 0 Å². The van der Waals surface area contributed by atoms with Gasteiger partial charge in [0.15, 0.2) is 0 Å². The Kier molecular flexibility index (Phi) is 6.55. The van der Waals surface area contributed by atoms with E-state index in [4.69, 9.17) is 5.11 Å². The number of nitrogens with one attached hydrogen (secondary N) is 1. The summed E-state index contributed by atoms with van der Waals surface area (Å²) in [7, 11) is 1.92. The van der Waals surface area contributed by atoms with Crippen molar-refractivity contribution in [2.75, 3.05) is 33.3 Å². The second-order valence-corrected chi connectivity index (χ2v) is 4.20. The number of benzene rings is 1. The fraction of sp³-hybridized carbons (Fsp3) is 0.429. The molecule has 0 aliphatic heterocycles. The molecule has 0 aromatic heterocycles. The van der Waals surface area contributed by atoms with Crippen molar-refractivity contribution >= 4 is 0 Å². The van der Waals surface area contributed by atoms with Crippen molar-refractivity contribution in [2.45, 2.75) is 6.54 Å². The third-order valence-corrected chi connectivity index (χ3v) is 2.54. The Morgan fingerprint density at radius 3 is 2.65 bits per heavy atom. The van der Waals surface area contributed by atoms with Crippen molar-refractivity contribution in [3.05, 3.63) is 48.0 Å². The molecular weight excluding hydrogens is 212 g/mol. The summed E-state index contributed by atoms with van der Waals surface area (Å²) in [6, 6.07) is 10.3. The topological polar surface area (TPSA) is 35.5 Å². The van der Waals surface area contributed by atoms with E-state index in [-0.39, 0.29) is 6.61 Å². The number of hydrogen-bond donors (Lipinski definition) is 2. The molecule has 0 heterocycles. The van der Waals surface area contributed by atoms with Crippen LogP contribution in [0.4, 0.5) is 0 Å². The van der Waals surface area contributed by atoms with Crippen LogP contribution in [0, 0.1) is 0 Å². The lowest BCUT2D eigenvalue weighted by molar-refractivity contribution is 0.200. The predicted molar refractivity (Wildman–Crippen MR) is 71.9 cm³/mol. The number of rotatable bonds is 8. The second-order valence-electron chi connectivity index (χ2n) is 4.20. The smallest absolute Gasteiger partial charge is 0.0558 e. The first-order valence-electron chi connectivity index (χ1n) is 5.94. The lowest BCUT2D eigenvalue weighted by Crippen LogP contribution is -2.30. The molecule has 1 aromatic rings. The Hall–Kier alpha value is -1.16. The summed E-state index contributed by atoms with van der Waals surface area (Å²) in [4.78, 5) is 2.20. The molecule has 0 saturated carbocycles. The van der Waals surface area contributed by atoms with Crippen LogP contribution in [0.15, 0.2) is 42.5 Å². The maximum atomic E-state index is 9.07. The third kappa shape index (κ3) is 5.63. The summed E-state index contributed by atoms with van der Waals surface area (Å²) in [5.74, 6) is 0. The molecule has 3 nitrogen and oxygen atoms in total. The van der Waals surface area contributed by atoms with Gasteiger partial charge in [0.1, 0.15) is 0 Å². The molecule has 0 fully saturated rings. The molecule has 0 spiro atoms. The van der Waals surface area contributed by atoms with Gasteiger partial charge in [-0.1, -0.05) is 36.9 Å². The quantitative estimate of drug-likeness (QED) is 0.665. The number of aliphatic hydroxyl groups is 1. The van der Waals surface area contributed by atoms with Crippen LogP contribution in [0.1, 0.15) is 5.56 Å². The first-order chi connectivity index (χ1) is 8.26. The molecule has 0 saturated heterocycles. The molecule has 0 atom stereocenters. The highest BCUT2D eigenvalue weighted by atomic mass is 16.3. The Morgan fingerprint density at radius 1 is 1.35 bits per heavy atom. The van der Waals surface area contributed by atoms with E-state index in [0.717, 1.165) is 25.2 Å². The number of hydrogen-bond acceptors (Lipinski definition) is 3. The first kappa shape index (κ1) is 13.9. The highest BCUT2D eigenvalue weighted by molar-refractivity contribution is 5.15. The maximum Gasteiger partial charge on any atom is 0.0558 e. The van der Waals surface area contributed by atoms with Crippen molar-refractivity contribution < 1.29 is 5.11 Å². The number of nitrogens with zero attached hydrogens (tertiary/aromatic N) is 1. The van der Waals surface area contributed by atoms with E-state index in [1.165, 1.54) is 5.56 Å². The number of likely N-dealkylation sites (N-methyl/N-ethyl adjacent to an activating group) is 1. The van der Waals surface area contributed by atoms with Crippen LogP contribution in [-0.4, -0.2) is 43.3 Å². The molecule has 0 aliphatic carbocycles. The van der Waals surface area contributed by atoms with E-state index >= 15 is 0 Å². The molecule has 17 heavy (non-hydrogen) atoms. The summed E-state index contributed by atoms with van der Waals surface area (Å²) >= 11 is 0. The maximum absolute atomic E-state index is 9.07. The molecule has 3 heteroatoms. The van der Waals surface area contributed by atoms with Gasteiger partial charge in [-0.2, -0.15) is 0 Å². The minimum absolute atomic E-state index is 0.180. The lowest BCUT2D eigenvalue weighted by Gasteiger charge is -2.22. The van der Waals surface area contributed by atoms with E-state index in [0.29, 0.717) is 6.54 Å². The molecule has 0 aliphatic rings. The normalized spacial score (nSPS) is 10.8. The minimum atomic E-state index is 0.180. The summed E-state index contributed by atoms with van der Waals surface area (Å²) in [6.07, 6.45) is 0. The molecule has 0 unspecified atom stereocenters. The Bertz CT molecular complexity index is 324. The predicted octanol–water partition coefficient (Wildman–Crippen LogP) is 1.26. The van der Waals surface area contributed by atoms with Gasteiger partial charge in [0.05, 0.1) is 6.61 Å². The van der Waals surface area contributed by atoms with E-state index in [9.17, 15) is 0 Å². The van der Waals surface area contributed by atoms with Gasteiger partial charge in [0.2, 0.25) is 0 Å². The highest BCUT2D eigenvalue weighted by Crippen LogP contribution is 2.05. The largest absolute Gasteiger partial charge is 0.395 e. The van der Waals surface area contributed by atoms with Crippen LogP contribution >= 0.6 is 0 Å². The Morgan fingerprint density at radius 2 is 2.06 bits per heavy atom. The van der Waals surface area contributed by atoms with Crippen molar-refractivity contribution in [3.8, 4) is 0 Å². The monoisotopic (exact) mass is 234 g/mol. The molecule has 0 radical (unpaired) electrons. The lowest BCUT2D eigenvalue weighted by atomic mass is 10.2. The van der Waals surface area contributed by atoms with Crippen molar-refractivity contribution in [1.29, 1.82) is 0 Å². The summed E-state index contributed by atoms with van der Waals surface area (Å²) in [5.41, 5.74) is 2.40. The SMILES string of the molecule is C=C(CNC)CN(CCO)Cc1ccccc1. The molecule has 1 rings (SSSR count). The standard InChI is InChI=1S/C14H22N2O/c1-13(10-15-2)11-16(8-9-17)12-14-6-4-3-5-7-14/h3-7,15,17H,1,8-12H2,2H3. The number of aliphatic hydroxyl groups excluding tert-OH is 1. The first-order valence-corrected chi connectivity index (χ1v) is 5.94. The van der Waals surface area contributed by atoms with E-state index < -0.39 is 0 Å². The van der Waals surface area contributed by atoms with Crippen LogP contribution in [0.5, 0.6) is 0 Å². The van der Waals surface area contributed by atoms with Gasteiger partial charge < -0.3 is 10.4 Å². The van der Waals surface area contributed by atoms with Crippen LogP contribution in [0.25, 0.3) is 0 Å². The van der Waals surface area contributed by atoms with Crippen molar-refractivity contribution in [3.63, 3.8) is 0 Å². The Balaban J connectivity index is 2.51. The summed E-state index contributed by atoms with van der Waals surface area (Å²) in [6.45, 7) is 7.36. The van der Waals surface area contributed by atoms with Gasteiger partial charge in [-0.05, 0) is 18.2 Å². The van der Waals surface area contributed by atoms with Gasteiger partial charge in [-0.15, -0.1) is 0 Å². The highest BCUT2D eigenvalue weighted by Gasteiger charge is 2.06. The van der Waals surface area contributed by atoms with Gasteiger partial charge in [0, 0.05) is 26.2 Å². The Labute approximate surface area is 104 Å². The molecule has 2 N–H and O–H groups in total.